The summed E-state index contributed by atoms with van der Waals surface area (Å²) in [5.74, 6) is 1.69. The van der Waals surface area contributed by atoms with E-state index in [-0.39, 0.29) is 0 Å². The van der Waals surface area contributed by atoms with Gasteiger partial charge in [-0.05, 0) is 66.8 Å². The van der Waals surface area contributed by atoms with Crippen LogP contribution in [0.5, 0.6) is 0 Å². The number of fused-ring (bicyclic) bond motifs is 2. The van der Waals surface area contributed by atoms with Crippen molar-refractivity contribution in [3.05, 3.63) is 77.7 Å². The zero-order valence-corrected chi connectivity index (χ0v) is 17.1. The minimum Gasteiger partial charge on any atom is -0.383 e. The molecule has 5 aromatic rings. The van der Waals surface area contributed by atoms with Crippen LogP contribution < -0.4 is 5.73 Å². The molecular weight excluding hydrogens is 402 g/mol. The maximum atomic E-state index is 11.1. The van der Waals surface area contributed by atoms with E-state index in [0.717, 1.165) is 35.9 Å². The van der Waals surface area contributed by atoms with Gasteiger partial charge in [0.25, 0.3) is 0 Å². The first-order valence-corrected chi connectivity index (χ1v) is 10.4. The van der Waals surface area contributed by atoms with Crippen LogP contribution in [0.3, 0.4) is 0 Å². The van der Waals surface area contributed by atoms with Crippen molar-refractivity contribution in [2.24, 2.45) is 0 Å². The number of hydrogen-bond donors (Lipinski definition) is 1. The molecule has 0 saturated heterocycles. The minimum absolute atomic E-state index is 0.410. The number of aromatic nitrogens is 6. The molecule has 4 heterocycles. The van der Waals surface area contributed by atoms with Gasteiger partial charge < -0.3 is 5.73 Å². The Balaban J connectivity index is 1.62. The number of benzene rings is 1. The van der Waals surface area contributed by atoms with Gasteiger partial charge in [0.1, 0.15) is 11.3 Å². The van der Waals surface area contributed by atoms with Gasteiger partial charge >= 0.3 is 0 Å². The van der Waals surface area contributed by atoms with Gasteiger partial charge in [0, 0.05) is 18.1 Å². The van der Waals surface area contributed by atoms with E-state index >= 15 is 0 Å². The monoisotopic (exact) mass is 421 g/mol. The van der Waals surface area contributed by atoms with Crippen molar-refractivity contribution in [2.75, 3.05) is 5.73 Å². The molecule has 8 nitrogen and oxygen atoms in total. The average Bonchev–Trinajstić information content (AvgIpc) is 3.56. The van der Waals surface area contributed by atoms with Gasteiger partial charge in [0.05, 0.1) is 17.3 Å². The summed E-state index contributed by atoms with van der Waals surface area (Å²) in [5, 5.41) is 4.26. The molecule has 0 fully saturated rings. The summed E-state index contributed by atoms with van der Waals surface area (Å²) in [6, 6.07) is 14.0. The first-order chi connectivity index (χ1) is 15.7. The summed E-state index contributed by atoms with van der Waals surface area (Å²) in [5.41, 5.74) is 12.6. The summed E-state index contributed by atoms with van der Waals surface area (Å²) in [6.07, 6.45) is 8.95. The lowest BCUT2D eigenvalue weighted by atomic mass is 10.1. The predicted molar refractivity (Wildman–Crippen MR) is 121 cm³/mol. The summed E-state index contributed by atoms with van der Waals surface area (Å²) in [7, 11) is 0. The van der Waals surface area contributed by atoms with Gasteiger partial charge in [0.2, 0.25) is 0 Å². The Morgan fingerprint density at radius 3 is 2.78 bits per heavy atom. The van der Waals surface area contributed by atoms with Gasteiger partial charge in [-0.15, -0.1) is 0 Å². The fourth-order valence-electron chi connectivity index (χ4n) is 4.33. The zero-order valence-electron chi connectivity index (χ0n) is 17.1. The third kappa shape index (κ3) is 2.88. The third-order valence-corrected chi connectivity index (χ3v) is 5.88. The highest BCUT2D eigenvalue weighted by molar-refractivity contribution is 5.83. The van der Waals surface area contributed by atoms with E-state index in [1.165, 1.54) is 23.7 Å². The van der Waals surface area contributed by atoms with Gasteiger partial charge in [-0.3, -0.25) is 9.36 Å². The molecule has 8 heteroatoms. The van der Waals surface area contributed by atoms with E-state index in [1.54, 1.807) is 17.1 Å². The number of imidazole rings is 1. The summed E-state index contributed by atoms with van der Waals surface area (Å²) in [4.78, 5) is 25.1. The number of aryl methyl sites for hydroxylation is 2. The van der Waals surface area contributed by atoms with Gasteiger partial charge in [-0.25, -0.2) is 19.6 Å². The van der Waals surface area contributed by atoms with Crippen molar-refractivity contribution < 1.29 is 4.79 Å². The normalized spacial score (nSPS) is 12.9. The van der Waals surface area contributed by atoms with Crippen molar-refractivity contribution in [2.45, 2.75) is 19.3 Å². The fourth-order valence-corrected chi connectivity index (χ4v) is 4.33. The Kier molecular flexibility index (Phi) is 4.10. The number of carbonyl (C=O) groups is 1. The molecule has 0 radical (unpaired) electrons. The lowest BCUT2D eigenvalue weighted by molar-refractivity contribution is 0.112. The highest BCUT2D eigenvalue weighted by Gasteiger charge is 2.20. The standard InChI is InChI=1S/C24H19N7O/c25-22-19(5-2-10-26-22)23-28-20-8-9-21(30-13-15(14-32)12-27-30)29-24(20)31(23)18-7-6-16-3-1-4-17(16)11-18/h2,5-14H,1,3-4H2,(H2,25,26). The van der Waals surface area contributed by atoms with Crippen molar-refractivity contribution in [3.63, 3.8) is 0 Å². The molecule has 0 amide bonds. The molecule has 32 heavy (non-hydrogen) atoms. The van der Waals surface area contributed by atoms with Crippen LogP contribution in [-0.2, 0) is 12.8 Å². The van der Waals surface area contributed by atoms with E-state index in [9.17, 15) is 4.79 Å². The van der Waals surface area contributed by atoms with Crippen LogP contribution in [0.4, 0.5) is 5.82 Å². The molecule has 4 aromatic heterocycles. The van der Waals surface area contributed by atoms with Gasteiger partial charge in [-0.1, -0.05) is 6.07 Å². The number of nitrogens with two attached hydrogens (primary N) is 1. The van der Waals surface area contributed by atoms with E-state index in [4.69, 9.17) is 15.7 Å². The molecule has 0 unspecified atom stereocenters. The number of anilines is 1. The van der Waals surface area contributed by atoms with Crippen molar-refractivity contribution in [1.29, 1.82) is 0 Å². The quantitative estimate of drug-likeness (QED) is 0.445. The first kappa shape index (κ1) is 18.4. The number of carbonyl (C=O) groups excluding carboxylic acids is 1. The Bertz CT molecular complexity index is 1500. The largest absolute Gasteiger partial charge is 0.383 e. The van der Waals surface area contributed by atoms with E-state index < -0.39 is 0 Å². The van der Waals surface area contributed by atoms with Gasteiger partial charge in [0.15, 0.2) is 23.6 Å². The van der Waals surface area contributed by atoms with Crippen molar-refractivity contribution >= 4 is 23.3 Å². The predicted octanol–water partition coefficient (Wildman–Crippen LogP) is 3.55. The fraction of sp³-hybridized carbons (Fsp3) is 0.125. The molecule has 0 saturated carbocycles. The Hall–Kier alpha value is -4.33. The number of rotatable bonds is 4. The molecule has 0 spiro atoms. The maximum absolute atomic E-state index is 11.1. The Labute approximate surface area is 183 Å². The summed E-state index contributed by atoms with van der Waals surface area (Å²) >= 11 is 0. The highest BCUT2D eigenvalue weighted by Crippen LogP contribution is 2.32. The Morgan fingerprint density at radius 1 is 1.03 bits per heavy atom. The second-order valence-corrected chi connectivity index (χ2v) is 7.86. The smallest absolute Gasteiger partial charge is 0.167 e. The molecule has 0 atom stereocenters. The molecule has 1 aliphatic rings. The molecule has 1 aromatic carbocycles. The molecule has 156 valence electrons. The zero-order chi connectivity index (χ0) is 21.7. The molecule has 2 N–H and O–H groups in total. The van der Waals surface area contributed by atoms with Crippen molar-refractivity contribution in [1.82, 2.24) is 29.3 Å². The molecular formula is C24H19N7O. The Morgan fingerprint density at radius 2 is 1.94 bits per heavy atom. The van der Waals surface area contributed by atoms with Crippen LogP contribution in [0.15, 0.2) is 61.1 Å². The molecule has 0 aliphatic heterocycles. The van der Waals surface area contributed by atoms with E-state index in [1.807, 2.05) is 28.8 Å². The van der Waals surface area contributed by atoms with E-state index in [2.05, 4.69) is 28.3 Å². The molecule has 1 aliphatic carbocycles. The lowest BCUT2D eigenvalue weighted by Gasteiger charge is -2.12. The van der Waals surface area contributed by atoms with Crippen LogP contribution in [0, 0.1) is 0 Å². The SMILES string of the molecule is Nc1ncccc1-c1nc2ccc(-n3cc(C=O)cn3)nc2n1-c1ccc2c(c1)CCC2. The topological polar surface area (TPSA) is 105 Å². The van der Waals surface area contributed by atoms with Crippen LogP contribution in [0.25, 0.3) is 34.1 Å². The van der Waals surface area contributed by atoms with Crippen molar-refractivity contribution in [3.8, 4) is 22.9 Å². The van der Waals surface area contributed by atoms with Gasteiger partial charge in [-0.2, -0.15) is 5.10 Å². The number of nitrogens with zero attached hydrogens (tertiary/aromatic N) is 6. The first-order valence-electron chi connectivity index (χ1n) is 10.4. The van der Waals surface area contributed by atoms with Crippen LogP contribution in [0.1, 0.15) is 27.9 Å². The minimum atomic E-state index is 0.410. The lowest BCUT2D eigenvalue weighted by Crippen LogP contribution is -2.04. The average molecular weight is 421 g/mol. The van der Waals surface area contributed by atoms with E-state index in [0.29, 0.717) is 28.7 Å². The second-order valence-electron chi connectivity index (χ2n) is 7.86. The number of pyridine rings is 2. The molecule has 6 rings (SSSR count). The summed E-state index contributed by atoms with van der Waals surface area (Å²) in [6.45, 7) is 0. The molecule has 0 bridgehead atoms. The maximum Gasteiger partial charge on any atom is 0.167 e. The third-order valence-electron chi connectivity index (χ3n) is 5.88. The number of nitrogen functional groups attached to an aromatic ring is 1. The van der Waals surface area contributed by atoms with Crippen LogP contribution >= 0.6 is 0 Å². The summed E-state index contributed by atoms with van der Waals surface area (Å²) < 4.78 is 3.61. The second kappa shape index (κ2) is 7.12. The number of aldehydes is 1. The van der Waals surface area contributed by atoms with Crippen LogP contribution in [0.2, 0.25) is 0 Å². The highest BCUT2D eigenvalue weighted by atomic mass is 16.1. The van der Waals surface area contributed by atoms with Crippen LogP contribution in [-0.4, -0.2) is 35.6 Å². The number of hydrogen-bond acceptors (Lipinski definition) is 6.